The maximum absolute atomic E-state index is 6.84. The summed E-state index contributed by atoms with van der Waals surface area (Å²) in [5, 5.41) is 4.96. The second-order valence-electron chi connectivity index (χ2n) is 15.9. The van der Waals surface area contributed by atoms with E-state index in [-0.39, 0.29) is 11.5 Å². The van der Waals surface area contributed by atoms with Crippen LogP contribution in [-0.4, -0.2) is 42.9 Å². The van der Waals surface area contributed by atoms with Crippen LogP contribution in [0.2, 0.25) is 58.9 Å². The van der Waals surface area contributed by atoms with Gasteiger partial charge in [0.1, 0.15) is 0 Å². The summed E-state index contributed by atoms with van der Waals surface area (Å²) in [6, 6.07) is 0. The van der Waals surface area contributed by atoms with E-state index >= 15 is 0 Å². The van der Waals surface area contributed by atoms with Crippen molar-refractivity contribution in [2.24, 2.45) is 39.7 Å². The van der Waals surface area contributed by atoms with Gasteiger partial charge < -0.3 is 13.4 Å². The minimum Gasteiger partial charge on any atom is -0.456 e. The fourth-order valence-corrected chi connectivity index (χ4v) is 11.1. The molecule has 0 radical (unpaired) electrons. The van der Waals surface area contributed by atoms with Crippen LogP contribution < -0.4 is 0 Å². The van der Waals surface area contributed by atoms with E-state index in [1.807, 2.05) is 0 Å². The van der Waals surface area contributed by atoms with Gasteiger partial charge in [-0.3, -0.25) is 0 Å². The zero-order valence-electron chi connectivity index (χ0n) is 24.8. The molecule has 202 valence electrons. The highest BCUT2D eigenvalue weighted by Gasteiger charge is 2.62. The number of rotatable bonds is 6. The zero-order chi connectivity index (χ0) is 26.0. The van der Waals surface area contributed by atoms with Gasteiger partial charge in [0.25, 0.3) is 8.32 Å². The molecule has 0 heterocycles. The number of hydrogen-bond acceptors (Lipinski definition) is 4. The number of oxime groups is 1. The number of hydrogen-bond donors (Lipinski definition) is 0. The number of nitrogens with zero attached hydrogens (tertiary/aromatic N) is 1. The van der Waals surface area contributed by atoms with Gasteiger partial charge in [-0.1, -0.05) is 13.8 Å². The summed E-state index contributed by atoms with van der Waals surface area (Å²) in [6.07, 6.45) is 11.1. The fraction of sp³-hybridized carbons (Fsp3) is 0.964. The Balaban J connectivity index is 1.58. The van der Waals surface area contributed by atoms with Gasteiger partial charge in [0.2, 0.25) is 0 Å². The van der Waals surface area contributed by atoms with Crippen LogP contribution in [0.1, 0.15) is 65.2 Å². The van der Waals surface area contributed by atoms with Crippen molar-refractivity contribution < 1.29 is 13.4 Å². The van der Waals surface area contributed by atoms with Crippen LogP contribution in [0.5, 0.6) is 0 Å². The van der Waals surface area contributed by atoms with Gasteiger partial charge in [-0.2, -0.15) is 0 Å². The highest BCUT2D eigenvalue weighted by atomic mass is 28.4. The molecule has 4 aliphatic carbocycles. The first-order valence-corrected chi connectivity index (χ1v) is 24.8. The van der Waals surface area contributed by atoms with Crippen molar-refractivity contribution in [3.05, 3.63) is 0 Å². The van der Waals surface area contributed by atoms with Crippen LogP contribution in [0.4, 0.5) is 0 Å². The topological polar surface area (TPSA) is 40.0 Å². The molecule has 0 aromatic rings. The maximum atomic E-state index is 6.84. The molecule has 0 amide bonds. The standard InChI is InChI=1S/C28H55NO3Si3/c1-27-16-14-21(30-33(3,4)5)18-20(27)12-13-22-23(27)15-17-28(2)24(22)19-25(31-34(6,7)8)26(28)29-32-35(9,10)11/h20-25H,12-19H2,1-11H3/b29-26+/t20-,21-,22?,23?,24?,25-,27+,28+/m1/s1. The van der Waals surface area contributed by atoms with Crippen molar-refractivity contribution >= 4 is 30.7 Å². The molecule has 0 aromatic carbocycles. The van der Waals surface area contributed by atoms with Crippen LogP contribution in [0, 0.1) is 34.5 Å². The third-order valence-corrected chi connectivity index (χ3v) is 12.5. The molecule has 0 bridgehead atoms. The normalized spacial score (nSPS) is 43.5. The lowest BCUT2D eigenvalue weighted by Gasteiger charge is -2.60. The van der Waals surface area contributed by atoms with Crippen molar-refractivity contribution in [2.45, 2.75) is 136 Å². The highest BCUT2D eigenvalue weighted by Crippen LogP contribution is 2.66. The Morgan fingerprint density at radius 3 is 1.97 bits per heavy atom. The molecule has 0 N–H and O–H groups in total. The fourth-order valence-electron chi connectivity index (χ4n) is 8.49. The smallest absolute Gasteiger partial charge is 0.278 e. The first-order chi connectivity index (χ1) is 15.9. The van der Waals surface area contributed by atoms with E-state index in [0.29, 0.717) is 17.4 Å². The molecule has 0 spiro atoms. The largest absolute Gasteiger partial charge is 0.456 e. The van der Waals surface area contributed by atoms with E-state index in [1.165, 1.54) is 50.7 Å². The Hall–Kier alpha value is 0.0406. The van der Waals surface area contributed by atoms with E-state index in [2.05, 4.69) is 72.8 Å². The molecule has 4 saturated carbocycles. The summed E-state index contributed by atoms with van der Waals surface area (Å²) in [4.78, 5) is 0. The van der Waals surface area contributed by atoms with Crippen LogP contribution in [0.3, 0.4) is 0 Å². The number of fused-ring (bicyclic) bond motifs is 5. The molecule has 4 aliphatic rings. The average Bonchev–Trinajstić information content (AvgIpc) is 2.94. The van der Waals surface area contributed by atoms with Gasteiger partial charge in [-0.15, -0.1) is 5.16 Å². The molecule has 4 fully saturated rings. The molecule has 4 rings (SSSR count). The Bertz CT molecular complexity index is 814. The molecule has 8 atom stereocenters. The lowest BCUT2D eigenvalue weighted by atomic mass is 9.45. The van der Waals surface area contributed by atoms with Crippen molar-refractivity contribution in [3.8, 4) is 0 Å². The van der Waals surface area contributed by atoms with Gasteiger partial charge in [-0.05, 0) is 139 Å². The van der Waals surface area contributed by atoms with Crippen molar-refractivity contribution in [1.82, 2.24) is 0 Å². The van der Waals surface area contributed by atoms with Crippen LogP contribution in [0.25, 0.3) is 0 Å². The Morgan fingerprint density at radius 1 is 0.714 bits per heavy atom. The first-order valence-electron chi connectivity index (χ1n) is 14.5. The molecule has 0 aliphatic heterocycles. The first kappa shape index (κ1) is 28.1. The Labute approximate surface area is 219 Å². The van der Waals surface area contributed by atoms with E-state index in [0.717, 1.165) is 24.2 Å². The molecule has 7 heteroatoms. The summed E-state index contributed by atoms with van der Waals surface area (Å²) in [5.41, 5.74) is 1.87. The van der Waals surface area contributed by atoms with E-state index in [9.17, 15) is 0 Å². The minimum atomic E-state index is -1.74. The Kier molecular flexibility index (Phi) is 7.50. The summed E-state index contributed by atoms with van der Waals surface area (Å²) in [7, 11) is -4.90. The van der Waals surface area contributed by atoms with Crippen molar-refractivity contribution in [2.75, 3.05) is 0 Å². The average molecular weight is 538 g/mol. The summed E-state index contributed by atoms with van der Waals surface area (Å²) in [5.74, 6) is 3.16. The van der Waals surface area contributed by atoms with Crippen LogP contribution >= 0.6 is 0 Å². The molecule has 3 unspecified atom stereocenters. The van der Waals surface area contributed by atoms with Crippen molar-refractivity contribution in [3.63, 3.8) is 0 Å². The second-order valence-corrected chi connectivity index (χ2v) is 29.2. The highest BCUT2D eigenvalue weighted by molar-refractivity contribution is 6.70. The summed E-state index contributed by atoms with van der Waals surface area (Å²) >= 11 is 0. The maximum Gasteiger partial charge on any atom is 0.278 e. The van der Waals surface area contributed by atoms with Gasteiger partial charge >= 0.3 is 0 Å². The Morgan fingerprint density at radius 2 is 1.37 bits per heavy atom. The quantitative estimate of drug-likeness (QED) is 0.253. The second kappa shape index (κ2) is 9.35. The predicted octanol–water partition coefficient (Wildman–Crippen LogP) is 8.29. The van der Waals surface area contributed by atoms with Gasteiger partial charge in [-0.25, -0.2) is 0 Å². The summed E-state index contributed by atoms with van der Waals surface area (Å²) < 4.78 is 19.7. The third-order valence-electron chi connectivity index (χ3n) is 9.80. The molecular weight excluding hydrogens is 483 g/mol. The van der Waals surface area contributed by atoms with Crippen molar-refractivity contribution in [1.29, 1.82) is 0 Å². The lowest BCUT2D eigenvalue weighted by molar-refractivity contribution is -0.112. The van der Waals surface area contributed by atoms with Gasteiger partial charge in [0.15, 0.2) is 16.6 Å². The molecule has 4 nitrogen and oxygen atoms in total. The predicted molar refractivity (Wildman–Crippen MR) is 155 cm³/mol. The van der Waals surface area contributed by atoms with Crippen LogP contribution in [0.15, 0.2) is 5.16 Å². The van der Waals surface area contributed by atoms with E-state index in [4.69, 9.17) is 18.5 Å². The SMILES string of the molecule is C[C@]12CCC3C(CC[C@@H]4C[C@H](O[Si](C)(C)C)CC[C@]34C)C1C[C@@H](O[Si](C)(C)C)/C2=N\O[Si](C)(C)C. The third kappa shape index (κ3) is 5.89. The van der Waals surface area contributed by atoms with E-state index in [1.54, 1.807) is 0 Å². The van der Waals surface area contributed by atoms with Gasteiger partial charge in [0, 0.05) is 11.5 Å². The molecule has 0 saturated heterocycles. The van der Waals surface area contributed by atoms with E-state index < -0.39 is 25.0 Å². The lowest BCUT2D eigenvalue weighted by Crippen LogP contribution is -2.54. The molecular formula is C28H55NO3Si3. The zero-order valence-corrected chi connectivity index (χ0v) is 27.8. The monoisotopic (exact) mass is 537 g/mol. The van der Waals surface area contributed by atoms with Gasteiger partial charge in [0.05, 0.1) is 11.8 Å². The molecule has 35 heavy (non-hydrogen) atoms. The van der Waals surface area contributed by atoms with Crippen LogP contribution in [-0.2, 0) is 13.4 Å². The minimum absolute atomic E-state index is 0.131. The summed E-state index contributed by atoms with van der Waals surface area (Å²) in [6.45, 7) is 25.9. The molecule has 0 aromatic heterocycles.